The molecule has 2 rings (SSSR count). The number of nitrogens with two attached hydrogens (primary N) is 1. The molecule has 0 aromatic heterocycles. The van der Waals surface area contributed by atoms with Gasteiger partial charge in [-0.05, 0) is 12.5 Å². The predicted molar refractivity (Wildman–Crippen MR) is 83.0 cm³/mol. The summed E-state index contributed by atoms with van der Waals surface area (Å²) in [5.41, 5.74) is 7.15. The minimum absolute atomic E-state index is 0.135. The van der Waals surface area contributed by atoms with E-state index in [0.29, 0.717) is 13.2 Å². The Morgan fingerprint density at radius 1 is 1.33 bits per heavy atom. The van der Waals surface area contributed by atoms with Crippen LogP contribution >= 0.6 is 0 Å². The van der Waals surface area contributed by atoms with Crippen LogP contribution in [0.25, 0.3) is 0 Å². The molecular formula is C16H26N2O3. The number of rotatable bonds is 7. The van der Waals surface area contributed by atoms with Gasteiger partial charge in [0.2, 0.25) is 0 Å². The highest BCUT2D eigenvalue weighted by atomic mass is 16.5. The van der Waals surface area contributed by atoms with Gasteiger partial charge in [0.25, 0.3) is 0 Å². The van der Waals surface area contributed by atoms with Crippen LogP contribution in [0.2, 0.25) is 0 Å². The molecule has 5 nitrogen and oxygen atoms in total. The summed E-state index contributed by atoms with van der Waals surface area (Å²) in [5.74, 6) is 1.59. The molecule has 118 valence electrons. The van der Waals surface area contributed by atoms with E-state index < -0.39 is 0 Å². The molecule has 21 heavy (non-hydrogen) atoms. The Morgan fingerprint density at radius 2 is 2.10 bits per heavy atom. The number of nitrogens with zero attached hydrogens (tertiary/aromatic N) is 1. The Morgan fingerprint density at radius 3 is 2.71 bits per heavy atom. The molecule has 1 aliphatic rings. The van der Waals surface area contributed by atoms with Crippen LogP contribution in [-0.2, 0) is 4.74 Å². The van der Waals surface area contributed by atoms with E-state index in [2.05, 4.69) is 17.9 Å². The van der Waals surface area contributed by atoms with Crippen LogP contribution < -0.4 is 15.2 Å². The van der Waals surface area contributed by atoms with Crippen LogP contribution in [0.4, 0.5) is 0 Å². The van der Waals surface area contributed by atoms with Gasteiger partial charge in [0, 0.05) is 25.2 Å². The van der Waals surface area contributed by atoms with Gasteiger partial charge in [0.05, 0.1) is 33.0 Å². The smallest absolute Gasteiger partial charge is 0.165 e. The predicted octanol–water partition coefficient (Wildman–Crippen LogP) is 1.82. The van der Waals surface area contributed by atoms with Gasteiger partial charge in [-0.2, -0.15) is 0 Å². The van der Waals surface area contributed by atoms with Crippen molar-refractivity contribution in [3.8, 4) is 11.5 Å². The lowest BCUT2D eigenvalue weighted by atomic mass is 10.0. The van der Waals surface area contributed by atoms with Gasteiger partial charge in [-0.15, -0.1) is 0 Å². The lowest BCUT2D eigenvalue weighted by Crippen LogP contribution is -2.42. The third-order valence-electron chi connectivity index (χ3n) is 3.75. The maximum absolute atomic E-state index is 6.05. The molecule has 1 heterocycles. The van der Waals surface area contributed by atoms with E-state index in [1.807, 2.05) is 12.1 Å². The zero-order valence-electron chi connectivity index (χ0n) is 13.0. The van der Waals surface area contributed by atoms with Gasteiger partial charge in [-0.25, -0.2) is 0 Å². The highest BCUT2D eigenvalue weighted by Gasteiger charge is 2.25. The Balaban J connectivity index is 2.29. The fraction of sp³-hybridized carbons (Fsp3) is 0.625. The Labute approximate surface area is 127 Å². The van der Waals surface area contributed by atoms with Gasteiger partial charge in [-0.3, -0.25) is 4.90 Å². The van der Waals surface area contributed by atoms with E-state index in [-0.39, 0.29) is 6.04 Å². The lowest BCUT2D eigenvalue weighted by Gasteiger charge is -2.35. The molecule has 1 aromatic carbocycles. The van der Waals surface area contributed by atoms with Gasteiger partial charge >= 0.3 is 0 Å². The van der Waals surface area contributed by atoms with Gasteiger partial charge in [0.1, 0.15) is 0 Å². The third-order valence-corrected chi connectivity index (χ3v) is 3.75. The van der Waals surface area contributed by atoms with Crippen molar-refractivity contribution in [2.24, 2.45) is 5.73 Å². The summed E-state index contributed by atoms with van der Waals surface area (Å²) in [6.07, 6.45) is 0.961. The minimum Gasteiger partial charge on any atom is -0.493 e. The fourth-order valence-electron chi connectivity index (χ4n) is 2.68. The molecule has 0 aliphatic carbocycles. The number of para-hydroxylation sites is 1. The summed E-state index contributed by atoms with van der Waals surface area (Å²) in [5, 5.41) is 0. The fourth-order valence-corrected chi connectivity index (χ4v) is 2.68. The zero-order chi connectivity index (χ0) is 15.1. The Bertz CT molecular complexity index is 434. The molecule has 1 saturated heterocycles. The SMILES string of the molecule is CCCOc1c(OC)cccc1C(CN)N1CCOCC1. The molecular weight excluding hydrogens is 268 g/mol. The molecule has 5 heteroatoms. The average Bonchev–Trinajstić information content (AvgIpc) is 2.55. The maximum Gasteiger partial charge on any atom is 0.165 e. The van der Waals surface area contributed by atoms with Gasteiger partial charge in [-0.1, -0.05) is 19.1 Å². The second kappa shape index (κ2) is 8.22. The van der Waals surface area contributed by atoms with Crippen LogP contribution in [0.15, 0.2) is 18.2 Å². The molecule has 0 saturated carbocycles. The first-order valence-electron chi connectivity index (χ1n) is 7.63. The van der Waals surface area contributed by atoms with Crippen molar-refractivity contribution in [3.05, 3.63) is 23.8 Å². The Hall–Kier alpha value is -1.30. The molecule has 0 amide bonds. The molecule has 1 unspecified atom stereocenters. The van der Waals surface area contributed by atoms with Crippen LogP contribution in [0.3, 0.4) is 0 Å². The normalized spacial score (nSPS) is 17.5. The summed E-state index contributed by atoms with van der Waals surface area (Å²) in [4.78, 5) is 2.36. The summed E-state index contributed by atoms with van der Waals surface area (Å²) >= 11 is 0. The first kappa shape index (κ1) is 16.1. The van der Waals surface area contributed by atoms with Crippen LogP contribution in [0, 0.1) is 0 Å². The summed E-state index contributed by atoms with van der Waals surface area (Å²) < 4.78 is 16.8. The molecule has 0 radical (unpaired) electrons. The van der Waals surface area contributed by atoms with Crippen molar-refractivity contribution in [1.29, 1.82) is 0 Å². The van der Waals surface area contributed by atoms with Crippen molar-refractivity contribution < 1.29 is 14.2 Å². The topological polar surface area (TPSA) is 57.0 Å². The van der Waals surface area contributed by atoms with Crippen molar-refractivity contribution in [3.63, 3.8) is 0 Å². The molecule has 1 aliphatic heterocycles. The highest BCUT2D eigenvalue weighted by molar-refractivity contribution is 5.48. The lowest BCUT2D eigenvalue weighted by molar-refractivity contribution is 0.0172. The zero-order valence-corrected chi connectivity index (χ0v) is 13.0. The van der Waals surface area contributed by atoms with E-state index in [9.17, 15) is 0 Å². The molecule has 1 aromatic rings. The van der Waals surface area contributed by atoms with Gasteiger partial charge in [0.15, 0.2) is 11.5 Å². The van der Waals surface area contributed by atoms with Crippen LogP contribution in [0.5, 0.6) is 11.5 Å². The van der Waals surface area contributed by atoms with E-state index in [1.165, 1.54) is 0 Å². The molecule has 1 atom stereocenters. The van der Waals surface area contributed by atoms with Crippen molar-refractivity contribution >= 4 is 0 Å². The largest absolute Gasteiger partial charge is 0.493 e. The molecule has 2 N–H and O–H groups in total. The standard InChI is InChI=1S/C16H26N2O3/c1-3-9-21-16-13(5-4-6-15(16)19-2)14(12-17)18-7-10-20-11-8-18/h4-6,14H,3,7-12,17H2,1-2H3. The second-order valence-corrected chi connectivity index (χ2v) is 5.13. The van der Waals surface area contributed by atoms with E-state index >= 15 is 0 Å². The van der Waals surface area contributed by atoms with Gasteiger partial charge < -0.3 is 19.9 Å². The average molecular weight is 294 g/mol. The summed E-state index contributed by atoms with van der Waals surface area (Å²) in [7, 11) is 1.67. The Kier molecular flexibility index (Phi) is 6.29. The van der Waals surface area contributed by atoms with Crippen molar-refractivity contribution in [2.45, 2.75) is 19.4 Å². The second-order valence-electron chi connectivity index (χ2n) is 5.13. The summed E-state index contributed by atoms with van der Waals surface area (Å²) in [6, 6.07) is 6.15. The van der Waals surface area contributed by atoms with Crippen molar-refractivity contribution in [1.82, 2.24) is 4.90 Å². The molecule has 0 spiro atoms. The van der Waals surface area contributed by atoms with E-state index in [0.717, 1.165) is 49.8 Å². The third kappa shape index (κ3) is 3.87. The first-order valence-corrected chi connectivity index (χ1v) is 7.63. The number of ether oxygens (including phenoxy) is 3. The number of methoxy groups -OCH3 is 1. The maximum atomic E-state index is 6.05. The van der Waals surface area contributed by atoms with Crippen molar-refractivity contribution in [2.75, 3.05) is 46.6 Å². The van der Waals surface area contributed by atoms with E-state index in [4.69, 9.17) is 19.9 Å². The monoisotopic (exact) mass is 294 g/mol. The molecule has 1 fully saturated rings. The van der Waals surface area contributed by atoms with Crippen LogP contribution in [0.1, 0.15) is 24.9 Å². The summed E-state index contributed by atoms with van der Waals surface area (Å²) in [6.45, 7) is 6.62. The minimum atomic E-state index is 0.135. The number of hydrogen-bond acceptors (Lipinski definition) is 5. The first-order chi connectivity index (χ1) is 10.3. The quantitative estimate of drug-likeness (QED) is 0.831. The van der Waals surface area contributed by atoms with E-state index in [1.54, 1.807) is 7.11 Å². The molecule has 0 bridgehead atoms. The number of morpholine rings is 1. The van der Waals surface area contributed by atoms with Crippen LogP contribution in [-0.4, -0.2) is 51.5 Å². The number of hydrogen-bond donors (Lipinski definition) is 1. The highest BCUT2D eigenvalue weighted by Crippen LogP contribution is 2.37. The number of benzene rings is 1.